The number of H-pyrrole nitrogens is 1. The van der Waals surface area contributed by atoms with Gasteiger partial charge in [0.25, 0.3) is 0 Å². The van der Waals surface area contributed by atoms with Gasteiger partial charge in [-0.15, -0.1) is 11.3 Å². The van der Waals surface area contributed by atoms with Crippen LogP contribution in [0.5, 0.6) is 0 Å². The third-order valence-corrected chi connectivity index (χ3v) is 6.44. The maximum absolute atomic E-state index is 12.4. The maximum Gasteiger partial charge on any atom is 0.246 e. The first-order chi connectivity index (χ1) is 12.2. The molecule has 3 heterocycles. The van der Waals surface area contributed by atoms with Crippen LogP contribution < -0.4 is 0 Å². The minimum Gasteiger partial charge on any atom is -0.361 e. The average Bonchev–Trinajstić information content (AvgIpc) is 3.26. The van der Waals surface area contributed by atoms with Crippen molar-refractivity contribution in [1.29, 1.82) is 0 Å². The number of hydrogen-bond donors (Lipinski definition) is 1. The molecule has 1 amide bonds. The van der Waals surface area contributed by atoms with E-state index < -0.39 is 0 Å². The van der Waals surface area contributed by atoms with Crippen molar-refractivity contribution in [2.75, 3.05) is 13.1 Å². The number of nitrogens with zero attached hydrogens (tertiary/aromatic N) is 1. The van der Waals surface area contributed by atoms with Crippen LogP contribution in [0.15, 0.2) is 52.5 Å². The lowest BCUT2D eigenvalue weighted by molar-refractivity contribution is -0.126. The SMILES string of the molecule is O=C(/C=C/c1ccc(Br)s1)N1CCC(c2c[nH]c3ccccc23)CC1. The van der Waals surface area contributed by atoms with Crippen LogP contribution in [0.4, 0.5) is 0 Å². The second kappa shape index (κ2) is 7.18. The molecule has 1 fully saturated rings. The molecule has 1 aliphatic heterocycles. The summed E-state index contributed by atoms with van der Waals surface area (Å²) in [5.74, 6) is 0.638. The van der Waals surface area contributed by atoms with Crippen molar-refractivity contribution in [2.24, 2.45) is 0 Å². The van der Waals surface area contributed by atoms with Gasteiger partial charge in [0.05, 0.1) is 3.79 Å². The smallest absolute Gasteiger partial charge is 0.246 e. The highest BCUT2D eigenvalue weighted by atomic mass is 79.9. The molecule has 128 valence electrons. The third kappa shape index (κ3) is 3.58. The number of halogens is 1. The van der Waals surface area contributed by atoms with Crippen molar-refractivity contribution in [1.82, 2.24) is 9.88 Å². The summed E-state index contributed by atoms with van der Waals surface area (Å²) in [6, 6.07) is 12.5. The first-order valence-electron chi connectivity index (χ1n) is 8.49. The number of aromatic amines is 1. The fourth-order valence-corrected chi connectivity index (χ4v) is 4.85. The van der Waals surface area contributed by atoms with Gasteiger partial charge in [-0.05, 0) is 64.5 Å². The van der Waals surface area contributed by atoms with Crippen LogP contribution in [0, 0.1) is 0 Å². The molecule has 0 unspecified atom stereocenters. The van der Waals surface area contributed by atoms with E-state index in [1.807, 2.05) is 23.1 Å². The number of benzene rings is 1. The summed E-state index contributed by atoms with van der Waals surface area (Å²) < 4.78 is 1.08. The Morgan fingerprint density at radius 1 is 1.20 bits per heavy atom. The highest BCUT2D eigenvalue weighted by Gasteiger charge is 2.24. The molecular weight excluding hydrogens is 396 g/mol. The van der Waals surface area contributed by atoms with Crippen molar-refractivity contribution in [3.05, 3.63) is 62.9 Å². The van der Waals surface area contributed by atoms with Crippen LogP contribution in [0.3, 0.4) is 0 Å². The first-order valence-corrected chi connectivity index (χ1v) is 10.1. The van der Waals surface area contributed by atoms with Gasteiger partial charge in [-0.25, -0.2) is 0 Å². The molecule has 0 saturated carbocycles. The van der Waals surface area contributed by atoms with Crippen molar-refractivity contribution in [3.63, 3.8) is 0 Å². The molecule has 0 aliphatic carbocycles. The van der Waals surface area contributed by atoms with E-state index in [0.717, 1.165) is 34.6 Å². The van der Waals surface area contributed by atoms with Gasteiger partial charge in [0.15, 0.2) is 0 Å². The van der Waals surface area contributed by atoms with Crippen molar-refractivity contribution in [2.45, 2.75) is 18.8 Å². The molecule has 2 aromatic heterocycles. The Morgan fingerprint density at radius 2 is 2.00 bits per heavy atom. The highest BCUT2D eigenvalue weighted by Crippen LogP contribution is 2.33. The number of nitrogens with one attached hydrogen (secondary N) is 1. The molecule has 4 rings (SSSR count). The number of hydrogen-bond acceptors (Lipinski definition) is 2. The van der Waals surface area contributed by atoms with E-state index in [1.54, 1.807) is 17.4 Å². The van der Waals surface area contributed by atoms with Crippen LogP contribution in [0.1, 0.15) is 29.2 Å². The van der Waals surface area contributed by atoms with E-state index in [4.69, 9.17) is 0 Å². The van der Waals surface area contributed by atoms with Gasteiger partial charge in [-0.1, -0.05) is 18.2 Å². The van der Waals surface area contributed by atoms with E-state index in [2.05, 4.69) is 51.4 Å². The van der Waals surface area contributed by atoms with Crippen LogP contribution in [-0.4, -0.2) is 28.9 Å². The summed E-state index contributed by atoms with van der Waals surface area (Å²) in [5, 5.41) is 1.32. The van der Waals surface area contributed by atoms with Crippen LogP contribution in [0.25, 0.3) is 17.0 Å². The molecule has 3 nitrogen and oxygen atoms in total. The molecule has 5 heteroatoms. The maximum atomic E-state index is 12.4. The predicted octanol–water partition coefficient (Wildman–Crippen LogP) is 5.41. The number of piperidine rings is 1. The topological polar surface area (TPSA) is 36.1 Å². The first kappa shape index (κ1) is 16.6. The van der Waals surface area contributed by atoms with E-state index in [-0.39, 0.29) is 5.91 Å². The number of carbonyl (C=O) groups is 1. The Balaban J connectivity index is 1.39. The highest BCUT2D eigenvalue weighted by molar-refractivity contribution is 9.11. The molecule has 25 heavy (non-hydrogen) atoms. The number of aromatic nitrogens is 1. The van der Waals surface area contributed by atoms with Crippen molar-refractivity contribution >= 4 is 50.2 Å². The zero-order chi connectivity index (χ0) is 17.2. The van der Waals surface area contributed by atoms with Crippen LogP contribution in [-0.2, 0) is 4.79 Å². The van der Waals surface area contributed by atoms with Gasteiger partial charge < -0.3 is 9.88 Å². The van der Waals surface area contributed by atoms with Gasteiger partial charge in [-0.3, -0.25) is 4.79 Å². The summed E-state index contributed by atoms with van der Waals surface area (Å²) >= 11 is 5.08. The van der Waals surface area contributed by atoms with Crippen molar-refractivity contribution < 1.29 is 4.79 Å². The van der Waals surface area contributed by atoms with E-state index in [0.29, 0.717) is 5.92 Å². The van der Waals surface area contributed by atoms with Gasteiger partial charge in [0.1, 0.15) is 0 Å². The fraction of sp³-hybridized carbons (Fsp3) is 0.250. The predicted molar refractivity (Wildman–Crippen MR) is 108 cm³/mol. The summed E-state index contributed by atoms with van der Waals surface area (Å²) in [6.07, 6.45) is 7.78. The Hall–Kier alpha value is -1.85. The normalized spacial score (nSPS) is 16.1. The number of carbonyl (C=O) groups excluding carboxylic acids is 1. The van der Waals surface area contributed by atoms with Gasteiger partial charge in [0, 0.05) is 41.1 Å². The zero-order valence-corrected chi connectivity index (χ0v) is 16.1. The standard InChI is InChI=1S/C20H19BrN2OS/c21-19-7-5-15(25-19)6-8-20(24)23-11-9-14(10-12-23)17-13-22-18-4-2-1-3-16(17)18/h1-8,13-14,22H,9-12H2/b8-6+. The minimum atomic E-state index is 0.113. The zero-order valence-electron chi connectivity index (χ0n) is 13.7. The lowest BCUT2D eigenvalue weighted by atomic mass is 9.89. The van der Waals surface area contributed by atoms with E-state index >= 15 is 0 Å². The van der Waals surface area contributed by atoms with E-state index in [1.165, 1.54) is 16.5 Å². The summed E-state index contributed by atoms with van der Waals surface area (Å²) in [4.78, 5) is 18.8. The monoisotopic (exact) mass is 414 g/mol. The largest absolute Gasteiger partial charge is 0.361 e. The molecular formula is C20H19BrN2OS. The molecule has 1 aliphatic rings. The molecule has 0 spiro atoms. The number of para-hydroxylation sites is 1. The Bertz CT molecular complexity index is 919. The third-order valence-electron chi connectivity index (χ3n) is 4.85. The molecule has 0 radical (unpaired) electrons. The number of thiophene rings is 1. The second-order valence-corrected chi connectivity index (χ2v) is 8.86. The molecule has 0 atom stereocenters. The van der Waals surface area contributed by atoms with Gasteiger partial charge in [0.2, 0.25) is 5.91 Å². The Labute approximate surface area is 159 Å². The fourth-order valence-electron chi connectivity index (χ4n) is 3.52. The number of fused-ring (bicyclic) bond motifs is 1. The summed E-state index contributed by atoms with van der Waals surface area (Å²) in [7, 11) is 0. The summed E-state index contributed by atoms with van der Waals surface area (Å²) in [6.45, 7) is 1.64. The molecule has 3 aromatic rings. The van der Waals surface area contributed by atoms with Crippen molar-refractivity contribution in [3.8, 4) is 0 Å². The Morgan fingerprint density at radius 3 is 2.76 bits per heavy atom. The minimum absolute atomic E-state index is 0.113. The molecule has 1 saturated heterocycles. The summed E-state index contributed by atoms with van der Waals surface area (Å²) in [5.41, 5.74) is 2.59. The average molecular weight is 415 g/mol. The van der Waals surface area contributed by atoms with Crippen LogP contribution >= 0.6 is 27.3 Å². The lowest BCUT2D eigenvalue weighted by Crippen LogP contribution is -2.36. The lowest BCUT2D eigenvalue weighted by Gasteiger charge is -2.31. The quantitative estimate of drug-likeness (QED) is 0.571. The van der Waals surface area contributed by atoms with E-state index in [9.17, 15) is 4.79 Å². The number of likely N-dealkylation sites (tertiary alicyclic amines) is 1. The molecule has 1 aromatic carbocycles. The second-order valence-electron chi connectivity index (χ2n) is 6.36. The van der Waals surface area contributed by atoms with Gasteiger partial charge in [-0.2, -0.15) is 0 Å². The number of amides is 1. The number of rotatable bonds is 3. The Kier molecular flexibility index (Phi) is 4.77. The van der Waals surface area contributed by atoms with Gasteiger partial charge >= 0.3 is 0 Å². The molecule has 1 N–H and O–H groups in total. The van der Waals surface area contributed by atoms with Crippen LogP contribution in [0.2, 0.25) is 0 Å². The molecule has 0 bridgehead atoms.